The number of rotatable bonds is 7. The van der Waals surface area contributed by atoms with Crippen LogP contribution in [0, 0.1) is 0 Å². The third-order valence-corrected chi connectivity index (χ3v) is 4.66. The van der Waals surface area contributed by atoms with Crippen LogP contribution >= 0.6 is 22.6 Å². The summed E-state index contributed by atoms with van der Waals surface area (Å²) < 4.78 is 28.9. The van der Waals surface area contributed by atoms with Crippen molar-refractivity contribution < 1.29 is 42.9 Å². The number of ether oxygens (including phenoxy) is 5. The minimum atomic E-state index is -1.25. The first kappa shape index (κ1) is 24.0. The lowest BCUT2D eigenvalue weighted by atomic mass is 9.97. The molecular weight excluding hydrogens is 517 g/mol. The molecule has 0 amide bonds. The van der Waals surface area contributed by atoms with Gasteiger partial charge in [-0.2, -0.15) is 5.10 Å². The normalized spacial score (nSPS) is 25.8. The van der Waals surface area contributed by atoms with Crippen molar-refractivity contribution >= 4 is 46.5 Å². The van der Waals surface area contributed by atoms with E-state index in [2.05, 4.69) is 32.7 Å². The number of hydrogen-bond donors (Lipinski definition) is 0. The predicted molar refractivity (Wildman–Crippen MR) is 105 cm³/mol. The molecule has 0 aliphatic carbocycles. The maximum Gasteiger partial charge on any atom is 0.303 e. The van der Waals surface area contributed by atoms with E-state index in [0.717, 1.165) is 13.8 Å². The number of carbonyl (C=O) groups is 4. The Morgan fingerprint density at radius 3 is 2.07 bits per heavy atom. The molecule has 5 atom stereocenters. The largest absolute Gasteiger partial charge is 0.463 e. The monoisotopic (exact) mass is 539 g/mol. The summed E-state index contributed by atoms with van der Waals surface area (Å²) in [5, 5.41) is 4.13. The van der Waals surface area contributed by atoms with E-state index in [1.54, 1.807) is 0 Å². The van der Waals surface area contributed by atoms with Gasteiger partial charge in [-0.05, 0) is 0 Å². The lowest BCUT2D eigenvalue weighted by Crippen LogP contribution is -2.60. The molecule has 0 radical (unpaired) electrons. The Balaban J connectivity index is 2.53. The van der Waals surface area contributed by atoms with Crippen LogP contribution in [0.15, 0.2) is 6.33 Å². The number of carbonyl (C=O) groups excluding carboxylic acids is 4. The van der Waals surface area contributed by atoms with E-state index >= 15 is 0 Å². The molecule has 1 saturated heterocycles. The zero-order chi connectivity index (χ0) is 22.4. The van der Waals surface area contributed by atoms with Crippen LogP contribution in [-0.2, 0) is 47.3 Å². The summed E-state index contributed by atoms with van der Waals surface area (Å²) in [6.07, 6.45) is -4.50. The molecule has 1 aliphatic heterocycles. The van der Waals surface area contributed by atoms with E-state index < -0.39 is 54.5 Å². The molecule has 0 bridgehead atoms. The maximum atomic E-state index is 11.8. The first-order chi connectivity index (χ1) is 14.1. The van der Waals surface area contributed by atoms with Crippen LogP contribution in [0.2, 0.25) is 0 Å². The van der Waals surface area contributed by atoms with E-state index in [1.807, 2.05) is 0 Å². The van der Waals surface area contributed by atoms with Gasteiger partial charge in [0.2, 0.25) is 0 Å². The summed E-state index contributed by atoms with van der Waals surface area (Å²) in [6.45, 7) is 4.40. The molecule has 1 aromatic rings. The molecule has 0 saturated carbocycles. The van der Waals surface area contributed by atoms with E-state index in [0.29, 0.717) is 10.3 Å². The Morgan fingerprint density at radius 1 is 0.967 bits per heavy atom. The van der Waals surface area contributed by atoms with Crippen molar-refractivity contribution in [3.63, 3.8) is 0 Å². The van der Waals surface area contributed by atoms with E-state index in [-0.39, 0.29) is 6.61 Å². The van der Waals surface area contributed by atoms with Crippen LogP contribution in [-0.4, -0.2) is 69.7 Å². The quantitative estimate of drug-likeness (QED) is 0.206. The summed E-state index contributed by atoms with van der Waals surface area (Å²) in [5.41, 5.74) is 0. The minimum Gasteiger partial charge on any atom is -0.463 e. The molecule has 0 spiro atoms. The average Bonchev–Trinajstić information content (AvgIpc) is 3.10. The number of esters is 4. The molecule has 1 aromatic heterocycles. The number of hydrogen-bond acceptors (Lipinski definition) is 11. The molecule has 2 rings (SSSR count). The fourth-order valence-electron chi connectivity index (χ4n) is 2.98. The van der Waals surface area contributed by atoms with E-state index in [4.69, 9.17) is 23.7 Å². The number of alkyl halides is 1. The first-order valence-electron chi connectivity index (χ1n) is 8.88. The summed E-state index contributed by atoms with van der Waals surface area (Å²) in [7, 11) is 0. The van der Waals surface area contributed by atoms with Gasteiger partial charge in [-0.15, -0.1) is 0 Å². The zero-order valence-electron chi connectivity index (χ0n) is 16.8. The van der Waals surface area contributed by atoms with Gasteiger partial charge in [0.25, 0.3) is 0 Å². The van der Waals surface area contributed by atoms with Crippen LogP contribution in [0.4, 0.5) is 0 Å². The SMILES string of the molecule is CC(=O)OCC1OC(n2ncnc2CI)C(OC(C)=O)C(OC(C)=O)C1OC(C)=O. The van der Waals surface area contributed by atoms with Crippen LogP contribution < -0.4 is 0 Å². The van der Waals surface area contributed by atoms with Gasteiger partial charge in [-0.3, -0.25) is 19.2 Å². The maximum absolute atomic E-state index is 11.8. The van der Waals surface area contributed by atoms with E-state index in [9.17, 15) is 19.2 Å². The van der Waals surface area contributed by atoms with Gasteiger partial charge in [-0.1, -0.05) is 22.6 Å². The summed E-state index contributed by atoms with van der Waals surface area (Å²) in [5.74, 6) is -2.16. The Hall–Kier alpha value is -2.29. The molecule has 12 nitrogen and oxygen atoms in total. The van der Waals surface area contributed by atoms with Gasteiger partial charge in [0, 0.05) is 27.7 Å². The second-order valence-electron chi connectivity index (χ2n) is 6.34. The van der Waals surface area contributed by atoms with Gasteiger partial charge in [0.05, 0.1) is 4.43 Å². The van der Waals surface area contributed by atoms with Crippen molar-refractivity contribution in [2.75, 3.05) is 6.61 Å². The summed E-state index contributed by atoms with van der Waals surface area (Å²) in [6, 6.07) is 0. The summed E-state index contributed by atoms with van der Waals surface area (Å²) in [4.78, 5) is 50.7. The van der Waals surface area contributed by atoms with E-state index in [1.165, 1.54) is 24.9 Å². The van der Waals surface area contributed by atoms with Gasteiger partial charge in [0.15, 0.2) is 24.5 Å². The number of aromatic nitrogens is 3. The Labute approximate surface area is 185 Å². The average molecular weight is 539 g/mol. The Bertz CT molecular complexity index is 799. The minimum absolute atomic E-state index is 0.303. The lowest BCUT2D eigenvalue weighted by molar-refractivity contribution is -0.270. The lowest BCUT2D eigenvalue weighted by Gasteiger charge is -2.44. The van der Waals surface area contributed by atoms with Crippen LogP contribution in [0.25, 0.3) is 0 Å². The standard InChI is InChI=1S/C17H22IN3O9/c1-8(22)26-6-12-14(27-9(2)23)15(28-10(3)24)16(29-11(4)25)17(30-12)21-13(5-18)19-7-20-21/h7,12,14-17H,5-6H2,1-4H3. The molecule has 1 fully saturated rings. The molecule has 2 heterocycles. The highest BCUT2D eigenvalue weighted by Gasteiger charge is 2.53. The molecule has 5 unspecified atom stereocenters. The van der Waals surface area contributed by atoms with Crippen molar-refractivity contribution in [1.29, 1.82) is 0 Å². The molecule has 0 aromatic carbocycles. The molecule has 30 heavy (non-hydrogen) atoms. The zero-order valence-corrected chi connectivity index (χ0v) is 18.9. The van der Waals surface area contributed by atoms with Crippen LogP contribution in [0.3, 0.4) is 0 Å². The number of nitrogens with zero attached hydrogens (tertiary/aromatic N) is 3. The highest BCUT2D eigenvalue weighted by molar-refractivity contribution is 14.1. The van der Waals surface area contributed by atoms with Crippen LogP contribution in [0.1, 0.15) is 39.7 Å². The Morgan fingerprint density at radius 2 is 1.53 bits per heavy atom. The molecular formula is C17H22IN3O9. The van der Waals surface area contributed by atoms with Crippen molar-refractivity contribution in [3.05, 3.63) is 12.2 Å². The fourth-order valence-corrected chi connectivity index (χ4v) is 3.53. The van der Waals surface area contributed by atoms with Crippen molar-refractivity contribution in [2.45, 2.75) is 62.8 Å². The molecule has 13 heteroatoms. The molecule has 166 valence electrons. The van der Waals surface area contributed by atoms with Gasteiger partial charge < -0.3 is 23.7 Å². The molecule has 1 aliphatic rings. The first-order valence-corrected chi connectivity index (χ1v) is 10.4. The fraction of sp³-hybridized carbons (Fsp3) is 0.647. The predicted octanol–water partition coefficient (Wildman–Crippen LogP) is 0.469. The highest BCUT2D eigenvalue weighted by Crippen LogP contribution is 2.35. The van der Waals surface area contributed by atoms with Crippen molar-refractivity contribution in [3.8, 4) is 0 Å². The Kier molecular flexibility index (Phi) is 8.52. The number of halogens is 1. The van der Waals surface area contributed by atoms with Crippen molar-refractivity contribution in [1.82, 2.24) is 14.8 Å². The third-order valence-electron chi connectivity index (χ3n) is 3.97. The van der Waals surface area contributed by atoms with Gasteiger partial charge in [0.1, 0.15) is 24.9 Å². The molecule has 0 N–H and O–H groups in total. The van der Waals surface area contributed by atoms with Crippen LogP contribution in [0.5, 0.6) is 0 Å². The second-order valence-corrected chi connectivity index (χ2v) is 7.11. The second kappa shape index (κ2) is 10.7. The van der Waals surface area contributed by atoms with Crippen molar-refractivity contribution in [2.24, 2.45) is 0 Å². The third kappa shape index (κ3) is 6.10. The van der Waals surface area contributed by atoms with Gasteiger partial charge in [-0.25, -0.2) is 9.67 Å². The van der Waals surface area contributed by atoms with Gasteiger partial charge >= 0.3 is 23.9 Å². The summed E-state index contributed by atoms with van der Waals surface area (Å²) >= 11 is 2.07. The topological polar surface area (TPSA) is 145 Å². The smallest absolute Gasteiger partial charge is 0.303 e. The highest BCUT2D eigenvalue weighted by atomic mass is 127.